The molecule has 1 saturated heterocycles. The molecule has 0 unspecified atom stereocenters. The first-order valence-corrected chi connectivity index (χ1v) is 17.2. The summed E-state index contributed by atoms with van der Waals surface area (Å²) in [4.78, 5) is 48.6. The lowest BCUT2D eigenvalue weighted by Crippen LogP contribution is -2.51. The van der Waals surface area contributed by atoms with E-state index < -0.39 is 28.7 Å². The van der Waals surface area contributed by atoms with Gasteiger partial charge in [-0.05, 0) is 80.9 Å². The molecule has 0 atom stereocenters. The number of carbonyl (C=O) groups excluding carboxylic acids is 2. The maximum atomic E-state index is 14.2. The number of nitrogens with zero attached hydrogens (tertiary/aromatic N) is 6. The van der Waals surface area contributed by atoms with Gasteiger partial charge in [-0.3, -0.25) is 9.59 Å². The zero-order chi connectivity index (χ0) is 36.0. The van der Waals surface area contributed by atoms with E-state index in [0.717, 1.165) is 23.8 Å². The van der Waals surface area contributed by atoms with Gasteiger partial charge in [0.15, 0.2) is 5.82 Å². The fourth-order valence-corrected chi connectivity index (χ4v) is 6.82. The molecule has 17 heteroatoms. The van der Waals surface area contributed by atoms with Gasteiger partial charge >= 0.3 is 11.6 Å². The predicted octanol–water partition coefficient (Wildman–Crippen LogP) is 6.02. The van der Waals surface area contributed by atoms with Crippen LogP contribution in [0.15, 0.2) is 46.1 Å². The second kappa shape index (κ2) is 13.7. The van der Waals surface area contributed by atoms with Crippen LogP contribution in [0.2, 0.25) is 5.02 Å². The zero-order valence-corrected chi connectivity index (χ0v) is 29.3. The number of nitrogens with one attached hydrogen (secondary N) is 1. The van der Waals surface area contributed by atoms with Crippen LogP contribution in [0.25, 0.3) is 17.2 Å². The molecule has 4 aromatic rings. The summed E-state index contributed by atoms with van der Waals surface area (Å²) in [7, 11) is 0. The Hall–Kier alpha value is -4.44. The first-order valence-electron chi connectivity index (χ1n) is 16.0. The minimum atomic E-state index is -4.49. The molecule has 12 nitrogen and oxygen atoms in total. The molecule has 0 spiro atoms. The summed E-state index contributed by atoms with van der Waals surface area (Å²) in [5.74, 6) is 0.635. The highest BCUT2D eigenvalue weighted by Gasteiger charge is 2.32. The molecule has 0 radical (unpaired) electrons. The number of anilines is 2. The summed E-state index contributed by atoms with van der Waals surface area (Å²) < 4.78 is 52.6. The first kappa shape index (κ1) is 35.4. The van der Waals surface area contributed by atoms with Crippen LogP contribution >= 0.6 is 23.4 Å². The molecule has 6 rings (SSSR count). The van der Waals surface area contributed by atoms with Crippen molar-refractivity contribution in [3.05, 3.63) is 63.0 Å². The third-order valence-corrected chi connectivity index (χ3v) is 9.14. The number of aromatic nitrogens is 4. The Morgan fingerprint density at radius 3 is 2.48 bits per heavy atom. The van der Waals surface area contributed by atoms with Crippen LogP contribution < -0.4 is 20.5 Å². The van der Waals surface area contributed by atoms with Gasteiger partial charge in [-0.1, -0.05) is 18.5 Å². The average molecular weight is 734 g/mol. The van der Waals surface area contributed by atoms with Crippen LogP contribution in [0.4, 0.5) is 29.3 Å². The van der Waals surface area contributed by atoms with Crippen molar-refractivity contribution in [3.8, 4) is 17.1 Å². The first-order chi connectivity index (χ1) is 23.6. The lowest BCUT2D eigenvalue weighted by molar-refractivity contribution is -0.116. The molecule has 0 saturated carbocycles. The lowest BCUT2D eigenvalue weighted by Gasteiger charge is -2.37. The van der Waals surface area contributed by atoms with Crippen molar-refractivity contribution in [1.82, 2.24) is 24.1 Å². The summed E-state index contributed by atoms with van der Waals surface area (Å²) in [5.41, 5.74) is -2.95. The molecule has 0 aliphatic carbocycles. The molecule has 50 heavy (non-hydrogen) atoms. The van der Waals surface area contributed by atoms with Crippen molar-refractivity contribution in [2.24, 2.45) is 0 Å². The largest absolute Gasteiger partial charge is 0.493 e. The summed E-state index contributed by atoms with van der Waals surface area (Å²) >= 11 is 5.95. The van der Waals surface area contributed by atoms with E-state index in [9.17, 15) is 27.6 Å². The van der Waals surface area contributed by atoms with Crippen LogP contribution in [-0.2, 0) is 28.9 Å². The highest BCUT2D eigenvalue weighted by atomic mass is 35.5. The molecule has 1 fully saturated rings. The number of benzene rings is 2. The number of halogens is 4. The quantitative estimate of drug-likeness (QED) is 0.227. The minimum absolute atomic E-state index is 0.0673. The molecule has 2 amide bonds. The number of alkyl halides is 3. The third-order valence-electron chi connectivity index (χ3n) is 8.11. The van der Waals surface area contributed by atoms with Crippen LogP contribution in [0.1, 0.15) is 39.0 Å². The van der Waals surface area contributed by atoms with E-state index in [4.69, 9.17) is 26.1 Å². The number of thioether (sulfide) groups is 1. The molecule has 2 aromatic carbocycles. The normalized spacial score (nSPS) is 14.9. The maximum absolute atomic E-state index is 14.2. The SMILES string of the molecule is CCc1c(N2CCN(C(=O)OC(C)(C)C)CC2)c(=O)n2nc(-c3ccc4c(c3)CCO4)nc2n1CC(=O)Nc1ccc(SC(F)(F)F)cc1Cl. The fraction of sp³-hybridized carbons (Fsp3) is 0.424. The minimum Gasteiger partial charge on any atom is -0.493 e. The van der Waals surface area contributed by atoms with Gasteiger partial charge in [0, 0.05) is 43.1 Å². The molecule has 266 valence electrons. The third kappa shape index (κ3) is 7.65. The van der Waals surface area contributed by atoms with Crippen LogP contribution in [0, 0.1) is 0 Å². The van der Waals surface area contributed by atoms with E-state index >= 15 is 0 Å². The van der Waals surface area contributed by atoms with Gasteiger partial charge in [0.1, 0.15) is 23.6 Å². The Morgan fingerprint density at radius 1 is 1.08 bits per heavy atom. The smallest absolute Gasteiger partial charge is 0.446 e. The van der Waals surface area contributed by atoms with Gasteiger partial charge in [0.25, 0.3) is 5.56 Å². The van der Waals surface area contributed by atoms with Gasteiger partial charge in [-0.2, -0.15) is 22.7 Å². The highest BCUT2D eigenvalue weighted by molar-refractivity contribution is 8.00. The van der Waals surface area contributed by atoms with Crippen molar-refractivity contribution in [3.63, 3.8) is 0 Å². The van der Waals surface area contributed by atoms with Gasteiger partial charge in [0.05, 0.1) is 23.0 Å². The number of carbonyl (C=O) groups is 2. The highest BCUT2D eigenvalue weighted by Crippen LogP contribution is 2.39. The molecule has 4 heterocycles. The van der Waals surface area contributed by atoms with Crippen LogP contribution in [0.3, 0.4) is 0 Å². The van der Waals surface area contributed by atoms with Gasteiger partial charge < -0.3 is 29.2 Å². The summed E-state index contributed by atoms with van der Waals surface area (Å²) in [6.07, 6.45) is 0.617. The van der Waals surface area contributed by atoms with E-state index in [-0.39, 0.29) is 45.5 Å². The van der Waals surface area contributed by atoms with Crippen LogP contribution in [0.5, 0.6) is 5.75 Å². The molecule has 2 aromatic heterocycles. The number of ether oxygens (including phenoxy) is 2. The monoisotopic (exact) mass is 733 g/mol. The molecule has 2 aliphatic rings. The van der Waals surface area contributed by atoms with Crippen molar-refractivity contribution in [2.75, 3.05) is 43.0 Å². The lowest BCUT2D eigenvalue weighted by atomic mass is 10.1. The van der Waals surface area contributed by atoms with Crippen molar-refractivity contribution < 1.29 is 32.2 Å². The van der Waals surface area contributed by atoms with E-state index in [2.05, 4.69) is 10.4 Å². The Bertz CT molecular complexity index is 2020. The Morgan fingerprint density at radius 2 is 1.82 bits per heavy atom. The van der Waals surface area contributed by atoms with Crippen molar-refractivity contribution in [2.45, 2.75) is 63.1 Å². The van der Waals surface area contributed by atoms with Gasteiger partial charge in [-0.25, -0.2) is 4.79 Å². The predicted molar refractivity (Wildman–Crippen MR) is 183 cm³/mol. The molecule has 1 N–H and O–H groups in total. The number of hydrogen-bond donors (Lipinski definition) is 1. The molecule has 0 bridgehead atoms. The number of rotatable bonds is 7. The van der Waals surface area contributed by atoms with Gasteiger partial charge in [0.2, 0.25) is 11.7 Å². The molecular weight excluding hydrogens is 699 g/mol. The van der Waals surface area contributed by atoms with Crippen molar-refractivity contribution >= 4 is 52.5 Å². The Labute approximate surface area is 294 Å². The average Bonchev–Trinajstić information content (AvgIpc) is 3.70. The number of fused-ring (bicyclic) bond motifs is 2. The van der Waals surface area contributed by atoms with Crippen LogP contribution in [-0.4, -0.2) is 80.0 Å². The second-order valence-electron chi connectivity index (χ2n) is 12.8. The number of piperazine rings is 1. The topological polar surface area (TPSA) is 123 Å². The Kier molecular flexibility index (Phi) is 9.70. The second-order valence-corrected chi connectivity index (χ2v) is 14.3. The van der Waals surface area contributed by atoms with E-state index in [1.807, 2.05) is 24.0 Å². The number of hydrogen-bond acceptors (Lipinski definition) is 9. The van der Waals surface area contributed by atoms with E-state index in [1.54, 1.807) is 36.3 Å². The number of amides is 2. The van der Waals surface area contributed by atoms with E-state index in [0.29, 0.717) is 56.2 Å². The van der Waals surface area contributed by atoms with E-state index in [1.165, 1.54) is 16.6 Å². The molecule has 2 aliphatic heterocycles. The zero-order valence-electron chi connectivity index (χ0n) is 27.8. The fourth-order valence-electron chi connectivity index (χ4n) is 5.94. The standard InChI is InChI=1S/C33H35ClF3N7O5S/c1-5-24-27(41-11-13-42(14-12-41)31(47)49-32(2,3)4)29(46)44-30(39-28(40-44)20-6-9-25-19(16-20)10-15-48-25)43(24)18-26(45)38-23-8-7-21(17-22(23)34)50-33(35,36)37/h6-9,16-17H,5,10-15,18H2,1-4H3,(H,38,45). The van der Waals surface area contributed by atoms with Gasteiger partial charge in [-0.15, -0.1) is 5.10 Å². The summed E-state index contributed by atoms with van der Waals surface area (Å²) in [6.45, 7) is 8.73. The summed E-state index contributed by atoms with van der Waals surface area (Å²) in [6, 6.07) is 9.21. The Balaban J connectivity index is 1.36. The summed E-state index contributed by atoms with van der Waals surface area (Å²) in [5, 5.41) is 7.21. The molecular formula is C33H35ClF3N7O5S. The maximum Gasteiger partial charge on any atom is 0.446 e. The van der Waals surface area contributed by atoms with Crippen molar-refractivity contribution in [1.29, 1.82) is 0 Å².